The first kappa shape index (κ1) is 54.5. The van der Waals surface area contributed by atoms with Crippen LogP contribution in [0.25, 0.3) is 0 Å². The van der Waals surface area contributed by atoms with Crippen LogP contribution in [-0.4, -0.2) is 182 Å². The van der Waals surface area contributed by atoms with Crippen LogP contribution >= 0.6 is 0 Å². The maximum atomic E-state index is 15.5. The fourth-order valence-corrected chi connectivity index (χ4v) is 8.45. The van der Waals surface area contributed by atoms with E-state index in [2.05, 4.69) is 0 Å². The number of carbonyl (C=O) groups excluding carboxylic acids is 6. The van der Waals surface area contributed by atoms with Crippen LogP contribution in [0.2, 0.25) is 0 Å². The molecule has 22 N–H and O–H groups in total. The van der Waals surface area contributed by atoms with Crippen molar-refractivity contribution in [3.05, 3.63) is 112 Å². The third-order valence-corrected chi connectivity index (χ3v) is 12.4. The molecule has 1 aliphatic heterocycles. The molecule has 7 rings (SSSR count). The van der Waals surface area contributed by atoms with Crippen molar-refractivity contribution in [1.82, 2.24) is 0 Å². The summed E-state index contributed by atoms with van der Waals surface area (Å²) in [6, 6.07) is 1.76. The molecule has 1 fully saturated rings. The Balaban J connectivity index is 1.64. The number of hydrogen-bond donors (Lipinski definition) is 22. The van der Waals surface area contributed by atoms with Crippen LogP contribution in [0.1, 0.15) is 67.7 Å². The van der Waals surface area contributed by atoms with Crippen molar-refractivity contribution < 1.29 is 146 Å². The number of carbonyl (C=O) groups is 6. The van der Waals surface area contributed by atoms with E-state index in [0.29, 0.717) is 12.1 Å². The molecule has 1 saturated heterocycles. The van der Waals surface area contributed by atoms with Crippen molar-refractivity contribution in [2.75, 3.05) is 0 Å². The molecule has 29 nitrogen and oxygen atoms in total. The molecular weight excluding hydrogens is 1040 g/mol. The molecule has 0 aromatic heterocycles. The van der Waals surface area contributed by atoms with Gasteiger partial charge in [0, 0.05) is 33.4 Å². The summed E-state index contributed by atoms with van der Waals surface area (Å²) in [5.74, 6) is -44.8. The SMILES string of the molecule is O=C(c1cc(O)c(O)c(O)c1)c1cc(C(=O)C(O)[C@H]2O[C@](O)(C(=O)c3cc(O)c(O)c(O)c3)[C@](O)(C(=O)c3cc(O)c(O)c(O)c3)[C@](O)(C(=O)c3cc(O)c(O)c(O)c3)[C@@]2(O)C(=O)c2cc(O)c(O)c(O)c2)cc(O)c1O. The van der Waals surface area contributed by atoms with Crippen molar-refractivity contribution in [1.29, 1.82) is 0 Å². The minimum absolute atomic E-state index is 0.00981. The van der Waals surface area contributed by atoms with Crippen LogP contribution < -0.4 is 0 Å². The summed E-state index contributed by atoms with van der Waals surface area (Å²) in [6.45, 7) is 0. The van der Waals surface area contributed by atoms with Gasteiger partial charge in [-0.1, -0.05) is 0 Å². The maximum absolute atomic E-state index is 15.5. The molecule has 402 valence electrons. The molecule has 1 heterocycles. The minimum atomic E-state index is -5.56. The summed E-state index contributed by atoms with van der Waals surface area (Å²) < 4.78 is 5.39. The van der Waals surface area contributed by atoms with Gasteiger partial charge >= 0.3 is 0 Å². The van der Waals surface area contributed by atoms with E-state index in [0.717, 1.165) is 0 Å². The zero-order chi connectivity index (χ0) is 57.7. The van der Waals surface area contributed by atoms with E-state index < -0.39 is 206 Å². The first-order valence-corrected chi connectivity index (χ1v) is 21.0. The van der Waals surface area contributed by atoms with E-state index in [1.807, 2.05) is 0 Å². The smallest absolute Gasteiger partial charge is 0.273 e. The van der Waals surface area contributed by atoms with Gasteiger partial charge < -0.3 is 117 Å². The number of hydrogen-bond acceptors (Lipinski definition) is 29. The Bertz CT molecular complexity index is 3490. The normalized spacial score (nSPS) is 21.4. The summed E-state index contributed by atoms with van der Waals surface area (Å²) in [6.07, 6.45) is -7.86. The van der Waals surface area contributed by atoms with Gasteiger partial charge in [0.15, 0.2) is 115 Å². The Hall–Kier alpha value is -10.3. The second-order valence-corrected chi connectivity index (χ2v) is 17.0. The lowest BCUT2D eigenvalue weighted by Crippen LogP contribution is -2.92. The largest absolute Gasteiger partial charge is 0.504 e. The number of phenolic OH excluding ortho intramolecular Hbond substituents is 17. The summed E-state index contributed by atoms with van der Waals surface area (Å²) in [7, 11) is 0. The summed E-state index contributed by atoms with van der Waals surface area (Å²) in [5, 5.41) is 241. The van der Waals surface area contributed by atoms with Crippen LogP contribution in [0.3, 0.4) is 0 Å². The van der Waals surface area contributed by atoms with Gasteiger partial charge in [0.05, 0.1) is 5.56 Å². The molecule has 6 atom stereocenters. The first-order valence-electron chi connectivity index (χ1n) is 21.0. The van der Waals surface area contributed by atoms with Crippen molar-refractivity contribution in [2.24, 2.45) is 0 Å². The van der Waals surface area contributed by atoms with E-state index in [4.69, 9.17) is 4.74 Å². The van der Waals surface area contributed by atoms with E-state index in [1.54, 1.807) is 0 Å². The van der Waals surface area contributed by atoms with Gasteiger partial charge in [0.1, 0.15) is 12.2 Å². The molecule has 6 aromatic rings. The van der Waals surface area contributed by atoms with Crippen LogP contribution in [0.4, 0.5) is 0 Å². The average Bonchev–Trinajstić information content (AvgIpc) is 3.38. The summed E-state index contributed by atoms with van der Waals surface area (Å²) >= 11 is 0. The zero-order valence-electron chi connectivity index (χ0n) is 37.8. The van der Waals surface area contributed by atoms with Crippen LogP contribution in [0.5, 0.6) is 97.7 Å². The summed E-state index contributed by atoms with van der Waals surface area (Å²) in [5.41, 5.74) is -26.1. The van der Waals surface area contributed by atoms with Gasteiger partial charge in [0.2, 0.25) is 34.3 Å². The lowest BCUT2D eigenvalue weighted by atomic mass is 9.54. The average molecular weight is 1080 g/mol. The second-order valence-electron chi connectivity index (χ2n) is 17.0. The maximum Gasteiger partial charge on any atom is 0.273 e. The molecule has 1 aliphatic rings. The highest BCUT2D eigenvalue weighted by Crippen LogP contribution is 2.57. The topological polar surface area (TPSA) is 557 Å². The molecule has 0 saturated carbocycles. The molecule has 29 heteroatoms. The molecule has 0 radical (unpaired) electrons. The van der Waals surface area contributed by atoms with E-state index >= 15 is 19.2 Å². The van der Waals surface area contributed by atoms with Crippen molar-refractivity contribution in [3.8, 4) is 97.7 Å². The van der Waals surface area contributed by atoms with Crippen LogP contribution in [-0.2, 0) is 4.74 Å². The second kappa shape index (κ2) is 18.3. The lowest BCUT2D eigenvalue weighted by molar-refractivity contribution is -0.381. The molecule has 0 bridgehead atoms. The van der Waals surface area contributed by atoms with E-state index in [9.17, 15) is 122 Å². The molecule has 0 spiro atoms. The summed E-state index contributed by atoms with van der Waals surface area (Å²) in [4.78, 5) is 89.5. The Morgan fingerprint density at radius 1 is 0.351 bits per heavy atom. The molecule has 77 heavy (non-hydrogen) atoms. The van der Waals surface area contributed by atoms with Gasteiger partial charge in [-0.15, -0.1) is 0 Å². The number of phenols is 17. The van der Waals surface area contributed by atoms with Gasteiger partial charge in [-0.3, -0.25) is 28.8 Å². The number of Topliss-reactive ketones (excluding diaryl/α,β-unsaturated/α-hetero) is 5. The van der Waals surface area contributed by atoms with Crippen molar-refractivity contribution >= 4 is 34.7 Å². The number of aliphatic hydroxyl groups excluding tert-OH is 1. The quantitative estimate of drug-likeness (QED) is 0.0501. The number of benzene rings is 6. The van der Waals surface area contributed by atoms with E-state index in [1.165, 1.54) is 0 Å². The van der Waals surface area contributed by atoms with Gasteiger partial charge in [-0.05, 0) is 72.8 Å². The molecule has 0 amide bonds. The van der Waals surface area contributed by atoms with Crippen LogP contribution in [0, 0.1) is 0 Å². The predicted octanol–water partition coefficient (Wildman–Crippen LogP) is -0.731. The standard InChI is InChI=1S/C48H36O29/c49-20-2-13(1-19(33(20)62)31(60)14-3-21(50)34(63)22(51)4-14)32(61)39(68)44-45(73,40(69)15-5-23(52)35(64)24(53)6-15)46(74,41(70)16-7-25(54)36(65)26(55)8-16)47(75,42(71)17-9-27(56)37(66)28(57)10-17)48(76,77-44)43(72)18-11-29(58)38(67)30(59)12-18/h1-12,39,44,49-59,62-68,73-76H/t39?,44-,45-,46+,47+,48-/m1/s1. The Kier molecular flexibility index (Phi) is 12.9. The van der Waals surface area contributed by atoms with Gasteiger partial charge in [0.25, 0.3) is 5.79 Å². The zero-order valence-corrected chi connectivity index (χ0v) is 37.8. The third kappa shape index (κ3) is 7.90. The monoisotopic (exact) mass is 1080 g/mol. The Morgan fingerprint density at radius 2 is 0.623 bits per heavy atom. The number of ether oxygens (including phenoxy) is 1. The fraction of sp³-hybridized carbons (Fsp3) is 0.125. The Morgan fingerprint density at radius 3 is 0.974 bits per heavy atom. The van der Waals surface area contributed by atoms with Crippen LogP contribution in [0.15, 0.2) is 72.8 Å². The Labute approximate surface area is 424 Å². The molecular formula is C48H36O29. The molecule has 6 aromatic carbocycles. The minimum Gasteiger partial charge on any atom is -0.504 e. The van der Waals surface area contributed by atoms with Gasteiger partial charge in [-0.25, -0.2) is 0 Å². The number of rotatable bonds is 13. The highest BCUT2D eigenvalue weighted by molar-refractivity contribution is 6.23. The first-order chi connectivity index (χ1) is 35.6. The number of aromatic hydroxyl groups is 17. The molecule has 0 aliphatic carbocycles. The third-order valence-electron chi connectivity index (χ3n) is 12.4. The van der Waals surface area contributed by atoms with Gasteiger partial charge in [-0.2, -0.15) is 0 Å². The van der Waals surface area contributed by atoms with Crippen molar-refractivity contribution in [2.45, 2.75) is 34.8 Å². The predicted molar refractivity (Wildman–Crippen MR) is 243 cm³/mol. The molecule has 1 unspecified atom stereocenters. The number of ketones is 6. The number of aliphatic hydroxyl groups is 5. The van der Waals surface area contributed by atoms with Crippen molar-refractivity contribution in [3.63, 3.8) is 0 Å². The fourth-order valence-electron chi connectivity index (χ4n) is 8.45. The van der Waals surface area contributed by atoms with E-state index in [-0.39, 0.29) is 60.7 Å². The highest BCUT2D eigenvalue weighted by atomic mass is 16.7. The lowest BCUT2D eigenvalue weighted by Gasteiger charge is -2.60. The highest BCUT2D eigenvalue weighted by Gasteiger charge is 2.87.